The summed E-state index contributed by atoms with van der Waals surface area (Å²) in [6.07, 6.45) is 0. The zero-order chi connectivity index (χ0) is 25.4. The molecule has 0 bridgehead atoms. The van der Waals surface area contributed by atoms with Crippen LogP contribution in [0.2, 0.25) is 0 Å². The van der Waals surface area contributed by atoms with E-state index in [4.69, 9.17) is 18.8 Å². The summed E-state index contributed by atoms with van der Waals surface area (Å²) in [5, 5.41) is 0. The van der Waals surface area contributed by atoms with Crippen molar-refractivity contribution >= 4 is 22.2 Å². The molecule has 0 atom stereocenters. The predicted octanol–water partition coefficient (Wildman–Crippen LogP) is 8.83. The van der Waals surface area contributed by atoms with E-state index < -0.39 is 0 Å². The van der Waals surface area contributed by atoms with Crippen molar-refractivity contribution in [3.05, 3.63) is 46.5 Å². The van der Waals surface area contributed by atoms with Crippen LogP contribution in [0.3, 0.4) is 0 Å². The first kappa shape index (κ1) is 24.5. The van der Waals surface area contributed by atoms with Crippen molar-refractivity contribution in [3.8, 4) is 11.8 Å². The standard InChI is InChI=1S/C30H40N2O2/c1-27(2,3)17-13-19(29(7,8)9)23-21(15-17)31-25(33-23)26-32-22-16-18(28(4,5)6)14-20(24(22)34-26)30(10,11)12/h13-16H,1-12H3. The first-order chi connectivity index (χ1) is 15.4. The van der Waals surface area contributed by atoms with Gasteiger partial charge in [-0.2, -0.15) is 0 Å². The molecular formula is C30H40N2O2. The predicted molar refractivity (Wildman–Crippen MR) is 142 cm³/mol. The third-order valence-corrected chi connectivity index (χ3v) is 6.51. The van der Waals surface area contributed by atoms with E-state index in [0.29, 0.717) is 11.8 Å². The van der Waals surface area contributed by atoms with Crippen LogP contribution in [0.25, 0.3) is 34.0 Å². The van der Waals surface area contributed by atoms with Gasteiger partial charge in [0, 0.05) is 11.1 Å². The molecule has 0 saturated carbocycles. The Morgan fingerprint density at radius 3 is 1.06 bits per heavy atom. The number of nitrogens with zero attached hydrogens (tertiary/aromatic N) is 2. The van der Waals surface area contributed by atoms with E-state index >= 15 is 0 Å². The zero-order valence-electron chi connectivity index (χ0n) is 23.0. The van der Waals surface area contributed by atoms with E-state index in [1.807, 2.05) is 0 Å². The molecule has 4 heteroatoms. The third-order valence-electron chi connectivity index (χ3n) is 6.51. The summed E-state index contributed by atoms with van der Waals surface area (Å²) in [6, 6.07) is 8.80. The van der Waals surface area contributed by atoms with Crippen LogP contribution in [0.15, 0.2) is 33.1 Å². The van der Waals surface area contributed by atoms with Crippen molar-refractivity contribution in [2.45, 2.75) is 105 Å². The molecule has 0 radical (unpaired) electrons. The molecule has 0 aliphatic carbocycles. The number of fused-ring (bicyclic) bond motifs is 2. The monoisotopic (exact) mass is 460 g/mol. The number of rotatable bonds is 1. The molecule has 2 aromatic heterocycles. The average molecular weight is 461 g/mol. The minimum absolute atomic E-state index is 0.00980. The SMILES string of the molecule is CC(C)(C)c1cc(C(C)(C)C)c2oc(-c3nc4cc(C(C)(C)C)cc(C(C)(C)C)c4o3)nc2c1. The van der Waals surface area contributed by atoms with Crippen LogP contribution in [-0.2, 0) is 21.7 Å². The maximum Gasteiger partial charge on any atom is 0.284 e. The molecule has 4 rings (SSSR count). The van der Waals surface area contributed by atoms with Gasteiger partial charge in [0.25, 0.3) is 11.8 Å². The molecule has 0 N–H and O–H groups in total. The van der Waals surface area contributed by atoms with Crippen molar-refractivity contribution in [2.24, 2.45) is 0 Å². The Kier molecular flexibility index (Phi) is 5.36. The van der Waals surface area contributed by atoms with Gasteiger partial charge in [-0.1, -0.05) is 95.2 Å². The molecule has 0 amide bonds. The van der Waals surface area contributed by atoms with Gasteiger partial charge in [0.1, 0.15) is 11.0 Å². The second-order valence-corrected chi connectivity index (χ2v) is 13.8. The topological polar surface area (TPSA) is 52.1 Å². The molecule has 0 aliphatic rings. The van der Waals surface area contributed by atoms with E-state index in [1.54, 1.807) is 0 Å². The van der Waals surface area contributed by atoms with Gasteiger partial charge in [0.05, 0.1) is 0 Å². The summed E-state index contributed by atoms with van der Waals surface area (Å²) in [4.78, 5) is 9.73. The molecule has 0 spiro atoms. The highest BCUT2D eigenvalue weighted by atomic mass is 16.4. The second-order valence-electron chi connectivity index (χ2n) is 13.8. The number of hydrogen-bond acceptors (Lipinski definition) is 4. The number of benzene rings is 2. The summed E-state index contributed by atoms with van der Waals surface area (Å²) >= 11 is 0. The summed E-state index contributed by atoms with van der Waals surface area (Å²) in [7, 11) is 0. The second kappa shape index (κ2) is 7.44. The summed E-state index contributed by atoms with van der Waals surface area (Å²) < 4.78 is 12.7. The Hall–Kier alpha value is -2.62. The average Bonchev–Trinajstić information content (AvgIpc) is 3.26. The zero-order valence-corrected chi connectivity index (χ0v) is 23.0. The normalized spacial score (nSPS) is 13.9. The summed E-state index contributed by atoms with van der Waals surface area (Å²) in [5.74, 6) is 0.861. The molecule has 0 aliphatic heterocycles. The summed E-state index contributed by atoms with van der Waals surface area (Å²) in [5.41, 5.74) is 7.95. The van der Waals surface area contributed by atoms with Crippen LogP contribution in [0.4, 0.5) is 0 Å². The number of oxazole rings is 2. The van der Waals surface area contributed by atoms with Gasteiger partial charge in [-0.15, -0.1) is 0 Å². The van der Waals surface area contributed by atoms with Crippen LogP contribution in [0, 0.1) is 0 Å². The quantitative estimate of drug-likeness (QED) is 0.285. The Morgan fingerprint density at radius 1 is 0.471 bits per heavy atom. The highest BCUT2D eigenvalue weighted by Gasteiger charge is 2.29. The van der Waals surface area contributed by atoms with Gasteiger partial charge >= 0.3 is 0 Å². The molecule has 182 valence electrons. The fraction of sp³-hybridized carbons (Fsp3) is 0.533. The van der Waals surface area contributed by atoms with E-state index in [-0.39, 0.29) is 21.7 Å². The first-order valence-electron chi connectivity index (χ1n) is 12.3. The van der Waals surface area contributed by atoms with Gasteiger partial charge in [0.2, 0.25) is 0 Å². The fourth-order valence-electron chi connectivity index (χ4n) is 4.23. The molecular weight excluding hydrogens is 420 g/mol. The lowest BCUT2D eigenvalue weighted by atomic mass is 9.80. The summed E-state index contributed by atoms with van der Waals surface area (Å²) in [6.45, 7) is 26.6. The number of hydrogen-bond donors (Lipinski definition) is 0. The maximum atomic E-state index is 6.36. The lowest BCUT2D eigenvalue weighted by Crippen LogP contribution is -2.16. The van der Waals surface area contributed by atoms with Crippen LogP contribution in [0.1, 0.15) is 105 Å². The highest BCUT2D eigenvalue weighted by molar-refractivity contribution is 5.83. The lowest BCUT2D eigenvalue weighted by Gasteiger charge is -2.24. The van der Waals surface area contributed by atoms with Gasteiger partial charge < -0.3 is 8.83 Å². The van der Waals surface area contributed by atoms with Crippen molar-refractivity contribution in [3.63, 3.8) is 0 Å². The van der Waals surface area contributed by atoms with Gasteiger partial charge in [-0.05, 0) is 44.9 Å². The Morgan fingerprint density at radius 2 is 0.794 bits per heavy atom. The van der Waals surface area contributed by atoms with Crippen molar-refractivity contribution in [1.82, 2.24) is 9.97 Å². The van der Waals surface area contributed by atoms with E-state index in [9.17, 15) is 0 Å². The molecule has 4 nitrogen and oxygen atoms in total. The molecule has 2 heterocycles. The van der Waals surface area contributed by atoms with Crippen LogP contribution in [0.5, 0.6) is 0 Å². The van der Waals surface area contributed by atoms with Gasteiger partial charge in [-0.3, -0.25) is 0 Å². The van der Waals surface area contributed by atoms with Crippen LogP contribution in [-0.4, -0.2) is 9.97 Å². The van der Waals surface area contributed by atoms with E-state index in [1.165, 1.54) is 11.1 Å². The number of aromatic nitrogens is 2. The minimum atomic E-state index is -0.0847. The molecule has 0 unspecified atom stereocenters. The third kappa shape index (κ3) is 4.39. The van der Waals surface area contributed by atoms with Crippen molar-refractivity contribution in [1.29, 1.82) is 0 Å². The Balaban J connectivity index is 1.97. The molecule has 4 aromatic rings. The minimum Gasteiger partial charge on any atom is -0.432 e. The maximum absolute atomic E-state index is 6.36. The molecule has 34 heavy (non-hydrogen) atoms. The van der Waals surface area contributed by atoms with Crippen molar-refractivity contribution in [2.75, 3.05) is 0 Å². The van der Waals surface area contributed by atoms with E-state index in [0.717, 1.165) is 33.3 Å². The van der Waals surface area contributed by atoms with E-state index in [2.05, 4.69) is 107 Å². The van der Waals surface area contributed by atoms with Crippen LogP contribution >= 0.6 is 0 Å². The lowest BCUT2D eigenvalue weighted by molar-refractivity contribution is 0.522. The highest BCUT2D eigenvalue weighted by Crippen LogP contribution is 2.40. The Bertz CT molecular complexity index is 1270. The largest absolute Gasteiger partial charge is 0.432 e. The molecule has 0 fully saturated rings. The first-order valence-corrected chi connectivity index (χ1v) is 12.3. The molecule has 2 aromatic carbocycles. The van der Waals surface area contributed by atoms with Crippen LogP contribution < -0.4 is 0 Å². The van der Waals surface area contributed by atoms with Gasteiger partial charge in [0.15, 0.2) is 11.2 Å². The van der Waals surface area contributed by atoms with Crippen molar-refractivity contribution < 1.29 is 8.83 Å². The molecule has 0 saturated heterocycles. The van der Waals surface area contributed by atoms with Gasteiger partial charge in [-0.25, -0.2) is 9.97 Å². The smallest absolute Gasteiger partial charge is 0.284 e. The fourth-order valence-corrected chi connectivity index (χ4v) is 4.23. The Labute approximate surface area is 204 Å².